The molecule has 7 nitrogen and oxygen atoms in total. The summed E-state index contributed by atoms with van der Waals surface area (Å²) in [5.74, 6) is 1.75. The second-order valence-corrected chi connectivity index (χ2v) is 9.27. The van der Waals surface area contributed by atoms with Crippen molar-refractivity contribution < 1.29 is 0 Å². The summed E-state index contributed by atoms with van der Waals surface area (Å²) in [5.41, 5.74) is 11.8. The van der Waals surface area contributed by atoms with Crippen molar-refractivity contribution >= 4 is 22.9 Å². The van der Waals surface area contributed by atoms with Crippen LogP contribution in [-0.2, 0) is 6.42 Å². The largest absolute Gasteiger partial charge is 0.355 e. The van der Waals surface area contributed by atoms with E-state index in [1.807, 2.05) is 43.8 Å². The van der Waals surface area contributed by atoms with E-state index in [9.17, 15) is 0 Å². The lowest BCUT2D eigenvalue weighted by Gasteiger charge is -2.42. The van der Waals surface area contributed by atoms with Crippen LogP contribution in [0.2, 0.25) is 5.02 Å². The van der Waals surface area contributed by atoms with Crippen LogP contribution >= 0.6 is 11.6 Å². The highest BCUT2D eigenvalue weighted by Gasteiger charge is 2.46. The SMILES string of the molecule is Cc1nccc(-c2ncc3c(N4CCC5(CC4)Cc4ncccc4[C@H]5N)nccn23)c1Cl. The summed E-state index contributed by atoms with van der Waals surface area (Å²) >= 11 is 6.54. The quantitative estimate of drug-likeness (QED) is 0.502. The van der Waals surface area contributed by atoms with Crippen LogP contribution in [0.1, 0.15) is 35.8 Å². The Labute approximate surface area is 191 Å². The van der Waals surface area contributed by atoms with Crippen LogP contribution in [-0.4, -0.2) is 37.4 Å². The summed E-state index contributed by atoms with van der Waals surface area (Å²) in [6.45, 7) is 3.72. The molecule has 162 valence electrons. The summed E-state index contributed by atoms with van der Waals surface area (Å²) in [4.78, 5) is 20.6. The van der Waals surface area contributed by atoms with Crippen LogP contribution < -0.4 is 10.6 Å². The molecule has 0 radical (unpaired) electrons. The molecule has 4 aromatic rings. The Balaban J connectivity index is 1.31. The lowest BCUT2D eigenvalue weighted by Crippen LogP contribution is -2.44. The van der Waals surface area contributed by atoms with Gasteiger partial charge in [-0.2, -0.15) is 0 Å². The fraction of sp³-hybridized carbons (Fsp3) is 0.333. The Bertz CT molecular complexity index is 1320. The molecule has 1 atom stereocenters. The molecule has 6 rings (SSSR count). The molecule has 4 aromatic heterocycles. The zero-order chi connectivity index (χ0) is 21.9. The van der Waals surface area contributed by atoms with Crippen molar-refractivity contribution in [3.63, 3.8) is 0 Å². The third-order valence-corrected chi connectivity index (χ3v) is 7.72. The number of rotatable bonds is 2. The molecule has 2 N–H and O–H groups in total. The van der Waals surface area contributed by atoms with Gasteiger partial charge in [0.1, 0.15) is 11.3 Å². The Morgan fingerprint density at radius 3 is 2.72 bits per heavy atom. The van der Waals surface area contributed by atoms with E-state index in [1.54, 1.807) is 6.20 Å². The first-order valence-corrected chi connectivity index (χ1v) is 11.3. The minimum absolute atomic E-state index is 0.0516. The maximum absolute atomic E-state index is 6.72. The predicted octanol–water partition coefficient (Wildman–Crippen LogP) is 3.99. The number of imidazole rings is 1. The Kier molecular flexibility index (Phi) is 4.45. The summed E-state index contributed by atoms with van der Waals surface area (Å²) in [7, 11) is 0. The number of hydrogen-bond acceptors (Lipinski definition) is 6. The number of pyridine rings is 2. The van der Waals surface area contributed by atoms with Crippen molar-refractivity contribution in [3.8, 4) is 11.4 Å². The van der Waals surface area contributed by atoms with E-state index in [4.69, 9.17) is 22.3 Å². The Hall–Kier alpha value is -3.03. The third kappa shape index (κ3) is 2.84. The molecule has 2 aliphatic rings. The molecule has 1 saturated heterocycles. The van der Waals surface area contributed by atoms with Crippen molar-refractivity contribution in [2.75, 3.05) is 18.0 Å². The van der Waals surface area contributed by atoms with Gasteiger partial charge in [0.25, 0.3) is 0 Å². The molecule has 32 heavy (non-hydrogen) atoms. The van der Waals surface area contributed by atoms with Gasteiger partial charge >= 0.3 is 0 Å². The van der Waals surface area contributed by atoms with Crippen LogP contribution in [0.15, 0.2) is 49.2 Å². The number of nitrogens with two attached hydrogens (primary N) is 1. The summed E-state index contributed by atoms with van der Waals surface area (Å²) < 4.78 is 2.06. The van der Waals surface area contributed by atoms with Crippen molar-refractivity contribution in [1.82, 2.24) is 24.3 Å². The van der Waals surface area contributed by atoms with Gasteiger partial charge in [-0.15, -0.1) is 0 Å². The van der Waals surface area contributed by atoms with Crippen LogP contribution in [0.5, 0.6) is 0 Å². The average molecular weight is 446 g/mol. The van der Waals surface area contributed by atoms with Gasteiger partial charge in [0, 0.05) is 55.2 Å². The lowest BCUT2D eigenvalue weighted by molar-refractivity contribution is 0.187. The second-order valence-electron chi connectivity index (χ2n) is 8.89. The maximum Gasteiger partial charge on any atom is 0.154 e. The molecule has 8 heteroatoms. The molecular formula is C24H24ClN7. The molecule has 0 aromatic carbocycles. The van der Waals surface area contributed by atoms with Crippen molar-refractivity contribution in [2.24, 2.45) is 11.1 Å². The number of nitrogens with zero attached hydrogens (tertiary/aromatic N) is 6. The van der Waals surface area contributed by atoms with Crippen LogP contribution in [0.4, 0.5) is 5.82 Å². The number of anilines is 1. The maximum atomic E-state index is 6.72. The molecule has 0 amide bonds. The van der Waals surface area contributed by atoms with E-state index in [0.29, 0.717) is 5.02 Å². The highest BCUT2D eigenvalue weighted by atomic mass is 35.5. The van der Waals surface area contributed by atoms with Gasteiger partial charge in [0.15, 0.2) is 5.82 Å². The van der Waals surface area contributed by atoms with Crippen LogP contribution in [0, 0.1) is 12.3 Å². The standard InChI is InChI=1S/C24H24ClN7/c1-15-20(25)17(4-8-27-15)22-30-14-19-23(29-9-12-32(19)22)31-10-5-24(6-11-31)13-18-16(21(24)26)3-2-7-28-18/h2-4,7-9,12,14,21H,5-6,10-11,13,26H2,1H3/t21-/m1/s1. The smallest absolute Gasteiger partial charge is 0.154 e. The Morgan fingerprint density at radius 1 is 1.06 bits per heavy atom. The molecule has 0 saturated carbocycles. The zero-order valence-electron chi connectivity index (χ0n) is 17.9. The number of hydrogen-bond donors (Lipinski definition) is 1. The summed E-state index contributed by atoms with van der Waals surface area (Å²) in [6, 6.07) is 6.08. The lowest BCUT2D eigenvalue weighted by atomic mass is 9.73. The minimum atomic E-state index is 0.0516. The topological polar surface area (TPSA) is 85.2 Å². The van der Waals surface area contributed by atoms with E-state index >= 15 is 0 Å². The van der Waals surface area contributed by atoms with Gasteiger partial charge in [-0.25, -0.2) is 9.97 Å². The third-order valence-electron chi connectivity index (χ3n) is 7.24. The number of halogens is 1. The van der Waals surface area contributed by atoms with E-state index in [-0.39, 0.29) is 11.5 Å². The number of aryl methyl sites for hydroxylation is 1. The first-order valence-electron chi connectivity index (χ1n) is 11.0. The van der Waals surface area contributed by atoms with Crippen molar-refractivity contribution in [3.05, 3.63) is 71.2 Å². The van der Waals surface area contributed by atoms with Crippen molar-refractivity contribution in [1.29, 1.82) is 0 Å². The van der Waals surface area contributed by atoms with E-state index in [2.05, 4.69) is 30.3 Å². The highest BCUT2D eigenvalue weighted by Crippen LogP contribution is 2.50. The molecule has 1 fully saturated rings. The van der Waals surface area contributed by atoms with Gasteiger partial charge in [0.05, 0.1) is 16.9 Å². The summed E-state index contributed by atoms with van der Waals surface area (Å²) in [5, 5.41) is 0.627. The van der Waals surface area contributed by atoms with Gasteiger partial charge in [-0.05, 0) is 49.3 Å². The highest BCUT2D eigenvalue weighted by molar-refractivity contribution is 6.33. The van der Waals surface area contributed by atoms with Crippen molar-refractivity contribution in [2.45, 2.75) is 32.2 Å². The number of aromatic nitrogens is 5. The minimum Gasteiger partial charge on any atom is -0.355 e. The van der Waals surface area contributed by atoms with Gasteiger partial charge in [0.2, 0.25) is 0 Å². The Morgan fingerprint density at radius 2 is 1.91 bits per heavy atom. The monoisotopic (exact) mass is 445 g/mol. The number of fused-ring (bicyclic) bond motifs is 2. The molecule has 1 aliphatic carbocycles. The van der Waals surface area contributed by atoms with E-state index in [0.717, 1.165) is 60.8 Å². The molecule has 1 aliphatic heterocycles. The second kappa shape index (κ2) is 7.25. The average Bonchev–Trinajstić information content (AvgIpc) is 3.36. The molecule has 1 spiro atoms. The molecule has 0 bridgehead atoms. The molecule has 0 unspecified atom stereocenters. The number of piperidine rings is 1. The van der Waals surface area contributed by atoms with Crippen LogP contribution in [0.3, 0.4) is 0 Å². The van der Waals surface area contributed by atoms with Gasteiger partial charge < -0.3 is 10.6 Å². The van der Waals surface area contributed by atoms with E-state index < -0.39 is 0 Å². The predicted molar refractivity (Wildman–Crippen MR) is 125 cm³/mol. The normalized spacial score (nSPS) is 19.6. The van der Waals surface area contributed by atoms with E-state index in [1.165, 1.54) is 11.3 Å². The van der Waals surface area contributed by atoms with Gasteiger partial charge in [-0.1, -0.05) is 17.7 Å². The van der Waals surface area contributed by atoms with Gasteiger partial charge in [-0.3, -0.25) is 14.4 Å². The molecular weight excluding hydrogens is 422 g/mol. The summed E-state index contributed by atoms with van der Waals surface area (Å²) in [6.07, 6.45) is 12.3. The fourth-order valence-electron chi connectivity index (χ4n) is 5.38. The molecule has 5 heterocycles. The fourth-order valence-corrected chi connectivity index (χ4v) is 5.58. The first kappa shape index (κ1) is 19.6. The van der Waals surface area contributed by atoms with Crippen LogP contribution in [0.25, 0.3) is 16.9 Å². The zero-order valence-corrected chi connectivity index (χ0v) is 18.6. The first-order chi connectivity index (χ1) is 15.6.